The molecule has 2 aromatic carbocycles. The maximum atomic E-state index is 10.8. The number of hydrogen-bond acceptors (Lipinski definition) is 6. The highest BCUT2D eigenvalue weighted by Crippen LogP contribution is 2.40. The fourth-order valence-corrected chi connectivity index (χ4v) is 4.50. The molecule has 2 heterocycles. The molecule has 2 N–H and O–H groups in total. The smallest absolute Gasteiger partial charge is 0.221 e. The highest BCUT2D eigenvalue weighted by atomic mass is 79.9. The van der Waals surface area contributed by atoms with Gasteiger partial charge >= 0.3 is 0 Å². The van der Waals surface area contributed by atoms with Crippen molar-refractivity contribution in [2.75, 3.05) is 19.4 Å². The Balaban J connectivity index is 1.56. The molecule has 0 saturated heterocycles. The number of benzene rings is 2. The summed E-state index contributed by atoms with van der Waals surface area (Å²) in [6.07, 6.45) is 0. The lowest BCUT2D eigenvalue weighted by atomic mass is 10.2. The molecule has 0 radical (unpaired) electrons. The molecule has 164 valence electrons. The fraction of sp³-hybridized carbons (Fsp3) is 0.143. The van der Waals surface area contributed by atoms with Crippen molar-refractivity contribution in [1.29, 1.82) is 0 Å². The van der Waals surface area contributed by atoms with Crippen LogP contribution in [-0.2, 0) is 6.67 Å². The molecule has 7 nitrogen and oxygen atoms in total. The number of rotatable bonds is 5. The molecule has 0 fully saturated rings. The Labute approximate surface area is 207 Å². The van der Waals surface area contributed by atoms with E-state index in [9.17, 15) is 5.11 Å². The molecule has 0 aliphatic carbocycles. The second-order valence-corrected chi connectivity index (χ2v) is 9.75. The van der Waals surface area contributed by atoms with Crippen molar-refractivity contribution in [2.24, 2.45) is 10.2 Å². The molecule has 32 heavy (non-hydrogen) atoms. The molecule has 0 bridgehead atoms. The molecular formula is C21H18BrClN6OS2. The van der Waals surface area contributed by atoms with Crippen LogP contribution in [0.5, 0.6) is 5.88 Å². The first-order valence-corrected chi connectivity index (χ1v) is 11.9. The van der Waals surface area contributed by atoms with Crippen molar-refractivity contribution in [2.45, 2.75) is 6.67 Å². The number of anilines is 1. The standard InChI is InChI=1S/C21H18BrClN6OS2/c1-28(2)11-29-16-8-5-13(22)9-15(16)18(20(29)30)26-27-21(31)25-17-10-32-19(24-17)12-3-6-14(23)7-4-12/h3-10,30H,11H2,1-2H3,(H,25,31). The van der Waals surface area contributed by atoms with Crippen molar-refractivity contribution in [3.05, 3.63) is 57.3 Å². The number of aromatic hydroxyl groups is 1. The fourth-order valence-electron chi connectivity index (χ4n) is 3.11. The van der Waals surface area contributed by atoms with E-state index in [0.717, 1.165) is 25.9 Å². The van der Waals surface area contributed by atoms with E-state index in [0.29, 0.717) is 23.2 Å². The summed E-state index contributed by atoms with van der Waals surface area (Å²) in [7, 11) is 3.85. The number of thiocarbonyl (C=S) groups is 1. The van der Waals surface area contributed by atoms with Gasteiger partial charge in [-0.15, -0.1) is 21.6 Å². The molecule has 0 amide bonds. The molecule has 0 atom stereocenters. The third kappa shape index (κ3) is 5.00. The second kappa shape index (κ2) is 9.63. The predicted molar refractivity (Wildman–Crippen MR) is 138 cm³/mol. The normalized spacial score (nSPS) is 11.7. The number of azo groups is 1. The molecule has 0 unspecified atom stereocenters. The second-order valence-electron chi connectivity index (χ2n) is 7.16. The van der Waals surface area contributed by atoms with Crippen LogP contribution in [0.3, 0.4) is 0 Å². The summed E-state index contributed by atoms with van der Waals surface area (Å²) < 4.78 is 2.65. The molecular weight excluding hydrogens is 532 g/mol. The predicted octanol–water partition coefficient (Wildman–Crippen LogP) is 6.89. The van der Waals surface area contributed by atoms with Crippen molar-refractivity contribution in [3.8, 4) is 16.5 Å². The molecule has 11 heteroatoms. The molecule has 4 aromatic rings. The van der Waals surface area contributed by atoms with E-state index in [-0.39, 0.29) is 11.0 Å². The summed E-state index contributed by atoms with van der Waals surface area (Å²) in [6.45, 7) is 0.495. The van der Waals surface area contributed by atoms with Gasteiger partial charge < -0.3 is 10.4 Å². The quantitative estimate of drug-likeness (QED) is 0.209. The van der Waals surface area contributed by atoms with E-state index in [1.165, 1.54) is 11.3 Å². The Kier molecular flexibility index (Phi) is 6.87. The van der Waals surface area contributed by atoms with Crippen molar-refractivity contribution in [1.82, 2.24) is 14.5 Å². The van der Waals surface area contributed by atoms with E-state index in [1.54, 1.807) is 4.57 Å². The molecule has 0 aliphatic heterocycles. The highest BCUT2D eigenvalue weighted by molar-refractivity contribution is 9.10. The van der Waals surface area contributed by atoms with Crippen LogP contribution in [-0.4, -0.2) is 38.8 Å². The minimum atomic E-state index is 0.0250. The Morgan fingerprint density at radius 2 is 2.03 bits per heavy atom. The van der Waals surface area contributed by atoms with Crippen LogP contribution < -0.4 is 5.32 Å². The first kappa shape index (κ1) is 22.8. The average Bonchev–Trinajstić information content (AvgIpc) is 3.30. The topological polar surface area (TPSA) is 78.0 Å². The summed E-state index contributed by atoms with van der Waals surface area (Å²) in [5, 5.41) is 26.4. The van der Waals surface area contributed by atoms with Crippen LogP contribution in [0, 0.1) is 0 Å². The summed E-state index contributed by atoms with van der Waals surface area (Å²) in [5.74, 6) is 0.600. The Bertz CT molecular complexity index is 1320. The van der Waals surface area contributed by atoms with E-state index in [2.05, 4.69) is 36.5 Å². The van der Waals surface area contributed by atoms with Crippen LogP contribution in [0.25, 0.3) is 21.5 Å². The lowest BCUT2D eigenvalue weighted by Crippen LogP contribution is -2.16. The first-order chi connectivity index (χ1) is 15.3. The largest absolute Gasteiger partial charge is 0.493 e. The summed E-state index contributed by atoms with van der Waals surface area (Å²) in [4.78, 5) is 6.48. The van der Waals surface area contributed by atoms with Crippen LogP contribution >= 0.6 is 51.1 Å². The van der Waals surface area contributed by atoms with Crippen molar-refractivity contribution in [3.63, 3.8) is 0 Å². The SMILES string of the molecule is CN(C)Cn1c(O)c(N=NC(=S)Nc2csc(-c3ccc(Cl)cc3)n2)c2cc(Br)ccc21. The van der Waals surface area contributed by atoms with Crippen LogP contribution in [0.15, 0.2) is 62.5 Å². The molecule has 0 spiro atoms. The Morgan fingerprint density at radius 1 is 1.28 bits per heavy atom. The van der Waals surface area contributed by atoms with Gasteiger partial charge in [-0.05, 0) is 56.6 Å². The van der Waals surface area contributed by atoms with Crippen molar-refractivity contribution >= 4 is 78.6 Å². The van der Waals surface area contributed by atoms with Gasteiger partial charge in [0.2, 0.25) is 11.0 Å². The van der Waals surface area contributed by atoms with Gasteiger partial charge in [-0.2, -0.15) is 0 Å². The van der Waals surface area contributed by atoms with E-state index in [4.69, 9.17) is 23.8 Å². The van der Waals surface area contributed by atoms with E-state index >= 15 is 0 Å². The van der Waals surface area contributed by atoms with E-state index < -0.39 is 0 Å². The van der Waals surface area contributed by atoms with Gasteiger partial charge in [-0.1, -0.05) is 39.7 Å². The van der Waals surface area contributed by atoms with Gasteiger partial charge in [0.05, 0.1) is 12.2 Å². The molecule has 0 saturated carbocycles. The third-order valence-electron chi connectivity index (χ3n) is 4.47. The Morgan fingerprint density at radius 3 is 2.75 bits per heavy atom. The molecule has 4 rings (SSSR count). The van der Waals surface area contributed by atoms with Crippen LogP contribution in [0.1, 0.15) is 0 Å². The summed E-state index contributed by atoms with van der Waals surface area (Å²) >= 11 is 16.2. The zero-order valence-electron chi connectivity index (χ0n) is 17.1. The number of aromatic nitrogens is 2. The van der Waals surface area contributed by atoms with Gasteiger partial charge in [0.1, 0.15) is 10.8 Å². The molecule has 2 aromatic heterocycles. The number of nitrogens with zero attached hydrogens (tertiary/aromatic N) is 5. The highest BCUT2D eigenvalue weighted by Gasteiger charge is 2.17. The maximum Gasteiger partial charge on any atom is 0.221 e. The number of thiazole rings is 1. The summed E-state index contributed by atoms with van der Waals surface area (Å²) in [5.41, 5.74) is 2.16. The average molecular weight is 550 g/mol. The lowest BCUT2D eigenvalue weighted by Gasteiger charge is -2.13. The molecule has 0 aliphatic rings. The maximum absolute atomic E-state index is 10.8. The van der Waals surface area contributed by atoms with Gasteiger partial charge in [-0.3, -0.25) is 9.47 Å². The van der Waals surface area contributed by atoms with Gasteiger partial charge in [0.15, 0.2) is 5.69 Å². The first-order valence-electron chi connectivity index (χ1n) is 9.41. The zero-order chi connectivity index (χ0) is 22.8. The van der Waals surface area contributed by atoms with Gasteiger partial charge in [0, 0.05) is 25.8 Å². The third-order valence-corrected chi connectivity index (χ3v) is 6.29. The number of halogens is 2. The van der Waals surface area contributed by atoms with Gasteiger partial charge in [-0.25, -0.2) is 4.98 Å². The summed E-state index contributed by atoms with van der Waals surface area (Å²) in [6, 6.07) is 13.2. The monoisotopic (exact) mass is 548 g/mol. The Hall–Kier alpha value is -2.37. The minimum Gasteiger partial charge on any atom is -0.493 e. The lowest BCUT2D eigenvalue weighted by molar-refractivity contribution is 0.304. The van der Waals surface area contributed by atoms with Crippen LogP contribution in [0.2, 0.25) is 5.02 Å². The zero-order valence-corrected chi connectivity index (χ0v) is 21.1. The van der Waals surface area contributed by atoms with Crippen molar-refractivity contribution < 1.29 is 5.11 Å². The van der Waals surface area contributed by atoms with Crippen LogP contribution in [0.4, 0.5) is 11.5 Å². The number of hydrogen-bond donors (Lipinski definition) is 2. The van der Waals surface area contributed by atoms with E-state index in [1.807, 2.05) is 66.8 Å². The number of fused-ring (bicyclic) bond motifs is 1. The van der Waals surface area contributed by atoms with Gasteiger partial charge in [0.25, 0.3) is 0 Å². The number of nitrogens with one attached hydrogen (secondary N) is 1. The minimum absolute atomic E-state index is 0.0250.